The molecule has 0 aromatic rings. The van der Waals surface area contributed by atoms with Crippen molar-refractivity contribution in [2.75, 3.05) is 13.1 Å². The van der Waals surface area contributed by atoms with Crippen molar-refractivity contribution in [1.82, 2.24) is 10.6 Å². The van der Waals surface area contributed by atoms with Crippen LogP contribution >= 0.6 is 0 Å². The summed E-state index contributed by atoms with van der Waals surface area (Å²) in [5, 5.41) is 6.47. The van der Waals surface area contributed by atoms with Crippen LogP contribution in [0.5, 0.6) is 0 Å². The van der Waals surface area contributed by atoms with E-state index in [1.807, 2.05) is 0 Å². The Labute approximate surface area is 189 Å². The topological polar surface area (TPSA) is 41.1 Å². The lowest BCUT2D eigenvalue weighted by molar-refractivity contribution is 0.203. The summed E-state index contributed by atoms with van der Waals surface area (Å²) in [5.41, 5.74) is 0.459. The van der Waals surface area contributed by atoms with E-state index in [1.54, 1.807) is 0 Å². The van der Waals surface area contributed by atoms with Gasteiger partial charge in [-0.05, 0) is 36.5 Å². The first-order chi connectivity index (χ1) is 14.3. The molecule has 0 fully saturated rings. The predicted octanol–water partition coefficient (Wildman–Crippen LogP) is 8.62. The molecule has 0 aliphatic heterocycles. The molecule has 0 aromatic carbocycles. The summed E-state index contributed by atoms with van der Waals surface area (Å²) in [4.78, 5) is 12.6. The fraction of sp³-hybridized carbons (Fsp3) is 0.963. The maximum absolute atomic E-state index is 12.6. The number of rotatable bonds is 20. The Morgan fingerprint density at radius 2 is 0.800 bits per heavy atom. The van der Waals surface area contributed by atoms with Crippen LogP contribution in [0.25, 0.3) is 0 Å². The lowest BCUT2D eigenvalue weighted by Gasteiger charge is -2.32. The molecule has 0 atom stereocenters. The Hall–Kier alpha value is -0.730. The number of hydrogen-bond acceptors (Lipinski definition) is 1. The molecule has 0 aliphatic rings. The quantitative estimate of drug-likeness (QED) is 0.189. The van der Waals surface area contributed by atoms with Gasteiger partial charge in [0.1, 0.15) is 0 Å². The van der Waals surface area contributed by atoms with Gasteiger partial charge in [-0.1, -0.05) is 119 Å². The Kier molecular flexibility index (Phi) is 17.5. The predicted molar refractivity (Wildman–Crippen MR) is 134 cm³/mol. The van der Waals surface area contributed by atoms with Crippen molar-refractivity contribution in [1.29, 1.82) is 0 Å². The highest BCUT2D eigenvalue weighted by Gasteiger charge is 2.26. The van der Waals surface area contributed by atoms with Crippen LogP contribution in [0, 0.1) is 10.8 Å². The van der Waals surface area contributed by atoms with Crippen LogP contribution in [0.3, 0.4) is 0 Å². The molecule has 0 spiro atoms. The van der Waals surface area contributed by atoms with E-state index >= 15 is 0 Å². The zero-order valence-electron chi connectivity index (χ0n) is 21.6. The average Bonchev–Trinajstić information content (AvgIpc) is 2.72. The second-order valence-corrected chi connectivity index (χ2v) is 10.5. The number of carbonyl (C=O) groups is 1. The number of hydrogen-bond donors (Lipinski definition) is 2. The van der Waals surface area contributed by atoms with E-state index in [0.29, 0.717) is 0 Å². The molecule has 0 aliphatic carbocycles. The molecule has 0 radical (unpaired) electrons. The molecule has 0 aromatic heterocycles. The third-order valence-electron chi connectivity index (χ3n) is 6.89. The van der Waals surface area contributed by atoms with Crippen LogP contribution in [-0.2, 0) is 0 Å². The molecule has 0 saturated carbocycles. The van der Waals surface area contributed by atoms with E-state index in [0.717, 1.165) is 13.1 Å². The molecule has 0 saturated heterocycles. The molecule has 0 heterocycles. The van der Waals surface area contributed by atoms with Gasteiger partial charge in [0.25, 0.3) is 0 Å². The minimum absolute atomic E-state index is 0.0319. The first-order valence-electron chi connectivity index (χ1n) is 13.4. The van der Waals surface area contributed by atoms with E-state index in [1.165, 1.54) is 103 Å². The number of unbranched alkanes of at least 4 members (excludes halogenated alkanes) is 8. The summed E-state index contributed by atoms with van der Waals surface area (Å²) in [5.74, 6) is 0. The standard InChI is InChI=1S/C27H56N2O/c1-7-11-15-19-26(5,20-16-12-8-2)23-28-25(30)29-24-27(6,21-17-13-9-3)22-18-14-10-4/h7-24H2,1-6H3,(H2,28,29,30). The normalized spacial score (nSPS) is 12.2. The Morgan fingerprint density at radius 3 is 1.03 bits per heavy atom. The van der Waals surface area contributed by atoms with Gasteiger partial charge in [0, 0.05) is 13.1 Å². The zero-order chi connectivity index (χ0) is 22.7. The lowest BCUT2D eigenvalue weighted by atomic mass is 9.79. The molecular weight excluding hydrogens is 368 g/mol. The minimum atomic E-state index is 0.0319. The monoisotopic (exact) mass is 424 g/mol. The third kappa shape index (κ3) is 15.1. The SMILES string of the molecule is CCCCCC(C)(CCCCC)CNC(=O)NCC(C)(CCCCC)CCCCC. The van der Waals surface area contributed by atoms with Gasteiger partial charge in [-0.25, -0.2) is 4.79 Å². The van der Waals surface area contributed by atoms with Crippen LogP contribution < -0.4 is 10.6 Å². The van der Waals surface area contributed by atoms with Crippen LogP contribution in [-0.4, -0.2) is 19.1 Å². The lowest BCUT2D eigenvalue weighted by Crippen LogP contribution is -2.45. The fourth-order valence-corrected chi connectivity index (χ4v) is 4.46. The first-order valence-corrected chi connectivity index (χ1v) is 13.4. The molecule has 3 heteroatoms. The van der Waals surface area contributed by atoms with Gasteiger partial charge in [-0.15, -0.1) is 0 Å². The second-order valence-electron chi connectivity index (χ2n) is 10.5. The largest absolute Gasteiger partial charge is 0.338 e. The van der Waals surface area contributed by atoms with E-state index in [9.17, 15) is 4.79 Å². The second kappa shape index (κ2) is 17.9. The molecule has 0 rings (SSSR count). The van der Waals surface area contributed by atoms with Crippen molar-refractivity contribution in [2.45, 2.75) is 144 Å². The number of urea groups is 1. The van der Waals surface area contributed by atoms with E-state index in [2.05, 4.69) is 52.2 Å². The highest BCUT2D eigenvalue weighted by atomic mass is 16.2. The third-order valence-corrected chi connectivity index (χ3v) is 6.89. The molecule has 180 valence electrons. The van der Waals surface area contributed by atoms with Gasteiger partial charge in [0.15, 0.2) is 0 Å². The Morgan fingerprint density at radius 1 is 0.533 bits per heavy atom. The molecule has 2 N–H and O–H groups in total. The summed E-state index contributed by atoms with van der Waals surface area (Å²) in [6.07, 6.45) is 20.2. The highest BCUT2D eigenvalue weighted by Crippen LogP contribution is 2.31. The summed E-state index contributed by atoms with van der Waals surface area (Å²) in [6, 6.07) is 0.0319. The molecule has 30 heavy (non-hydrogen) atoms. The van der Waals surface area contributed by atoms with Crippen molar-refractivity contribution in [3.8, 4) is 0 Å². The Bertz CT molecular complexity index is 352. The molecule has 2 amide bonds. The van der Waals surface area contributed by atoms with Gasteiger partial charge in [-0.2, -0.15) is 0 Å². The Balaban J connectivity index is 4.61. The van der Waals surface area contributed by atoms with Gasteiger partial charge in [0.2, 0.25) is 0 Å². The molecule has 0 unspecified atom stereocenters. The van der Waals surface area contributed by atoms with Crippen molar-refractivity contribution < 1.29 is 4.79 Å². The maximum Gasteiger partial charge on any atom is 0.314 e. The summed E-state index contributed by atoms with van der Waals surface area (Å²) in [7, 11) is 0. The maximum atomic E-state index is 12.6. The minimum Gasteiger partial charge on any atom is -0.338 e. The van der Waals surface area contributed by atoms with E-state index in [4.69, 9.17) is 0 Å². The summed E-state index contributed by atoms with van der Waals surface area (Å²) >= 11 is 0. The molecular formula is C27H56N2O. The molecule has 3 nitrogen and oxygen atoms in total. The van der Waals surface area contributed by atoms with Crippen molar-refractivity contribution >= 4 is 6.03 Å². The fourth-order valence-electron chi connectivity index (χ4n) is 4.46. The summed E-state index contributed by atoms with van der Waals surface area (Å²) < 4.78 is 0. The first kappa shape index (κ1) is 29.3. The van der Waals surface area contributed by atoms with Crippen LogP contribution in [0.15, 0.2) is 0 Å². The number of nitrogens with one attached hydrogen (secondary N) is 2. The van der Waals surface area contributed by atoms with Crippen LogP contribution in [0.2, 0.25) is 0 Å². The highest BCUT2D eigenvalue weighted by molar-refractivity contribution is 5.73. The van der Waals surface area contributed by atoms with Crippen LogP contribution in [0.4, 0.5) is 4.79 Å². The smallest absolute Gasteiger partial charge is 0.314 e. The molecule has 0 bridgehead atoms. The van der Waals surface area contributed by atoms with Crippen LogP contribution in [0.1, 0.15) is 144 Å². The van der Waals surface area contributed by atoms with Gasteiger partial charge >= 0.3 is 6.03 Å². The van der Waals surface area contributed by atoms with Gasteiger partial charge in [-0.3, -0.25) is 0 Å². The number of amides is 2. The van der Waals surface area contributed by atoms with Gasteiger partial charge < -0.3 is 10.6 Å². The summed E-state index contributed by atoms with van der Waals surface area (Å²) in [6.45, 7) is 15.4. The van der Waals surface area contributed by atoms with E-state index in [-0.39, 0.29) is 16.9 Å². The van der Waals surface area contributed by atoms with Gasteiger partial charge in [0.05, 0.1) is 0 Å². The average molecular weight is 425 g/mol. The zero-order valence-corrected chi connectivity index (χ0v) is 21.6. The van der Waals surface area contributed by atoms with Crippen molar-refractivity contribution in [3.05, 3.63) is 0 Å². The number of carbonyl (C=O) groups excluding carboxylic acids is 1. The van der Waals surface area contributed by atoms with E-state index < -0.39 is 0 Å². The van der Waals surface area contributed by atoms with Crippen molar-refractivity contribution in [3.63, 3.8) is 0 Å². The van der Waals surface area contributed by atoms with Crippen molar-refractivity contribution in [2.24, 2.45) is 10.8 Å².